The van der Waals surface area contributed by atoms with Crippen LogP contribution in [0.25, 0.3) is 0 Å². The zero-order chi connectivity index (χ0) is 11.5. The van der Waals surface area contributed by atoms with Gasteiger partial charge in [0.25, 0.3) is 0 Å². The van der Waals surface area contributed by atoms with Gasteiger partial charge in [-0.15, -0.1) is 11.6 Å². The molecule has 1 saturated heterocycles. The minimum atomic E-state index is -0.246. The fraction of sp³-hybridized carbons (Fsp3) is 0.917. The Morgan fingerprint density at radius 2 is 2.13 bits per heavy atom. The molecule has 1 heterocycles. The van der Waals surface area contributed by atoms with Crippen LogP contribution in [-0.2, 0) is 4.79 Å². The van der Waals surface area contributed by atoms with Crippen LogP contribution in [0.3, 0.4) is 0 Å². The third-order valence-electron chi connectivity index (χ3n) is 2.95. The number of nitrogens with zero attached hydrogens (tertiary/aromatic N) is 1. The second-order valence-electron chi connectivity index (χ2n) is 5.38. The molecular weight excluding hydrogens is 210 g/mol. The summed E-state index contributed by atoms with van der Waals surface area (Å²) in [7, 11) is 0. The van der Waals surface area contributed by atoms with Crippen LogP contribution in [0.1, 0.15) is 46.5 Å². The molecule has 0 aliphatic carbocycles. The van der Waals surface area contributed by atoms with Gasteiger partial charge in [-0.25, -0.2) is 0 Å². The van der Waals surface area contributed by atoms with Crippen molar-refractivity contribution in [3.8, 4) is 0 Å². The van der Waals surface area contributed by atoms with Crippen LogP contribution < -0.4 is 0 Å². The second-order valence-corrected chi connectivity index (χ2v) is 5.75. The van der Waals surface area contributed by atoms with E-state index in [1.807, 2.05) is 20.8 Å². The van der Waals surface area contributed by atoms with E-state index in [9.17, 15) is 4.79 Å². The smallest absolute Gasteiger partial charge is 0.228 e. The zero-order valence-corrected chi connectivity index (χ0v) is 10.8. The van der Waals surface area contributed by atoms with Gasteiger partial charge in [-0.05, 0) is 25.7 Å². The Hall–Kier alpha value is -0.240. The van der Waals surface area contributed by atoms with Gasteiger partial charge in [-0.1, -0.05) is 20.8 Å². The maximum absolute atomic E-state index is 12.1. The van der Waals surface area contributed by atoms with Crippen molar-refractivity contribution in [1.82, 2.24) is 4.90 Å². The van der Waals surface area contributed by atoms with Crippen LogP contribution in [-0.4, -0.2) is 29.3 Å². The highest BCUT2D eigenvalue weighted by Gasteiger charge is 2.34. The summed E-state index contributed by atoms with van der Waals surface area (Å²) in [6.45, 7) is 6.91. The Kier molecular flexibility index (Phi) is 4.45. The molecule has 1 aliphatic heterocycles. The summed E-state index contributed by atoms with van der Waals surface area (Å²) in [5.41, 5.74) is -0.246. The lowest BCUT2D eigenvalue weighted by Gasteiger charge is -2.30. The number of alkyl halides is 1. The Morgan fingerprint density at radius 1 is 1.47 bits per heavy atom. The molecule has 0 bridgehead atoms. The van der Waals surface area contributed by atoms with E-state index in [4.69, 9.17) is 11.6 Å². The van der Waals surface area contributed by atoms with Crippen LogP contribution in [0.5, 0.6) is 0 Å². The van der Waals surface area contributed by atoms with E-state index in [0.29, 0.717) is 17.8 Å². The first kappa shape index (κ1) is 12.8. The van der Waals surface area contributed by atoms with Crippen molar-refractivity contribution in [2.75, 3.05) is 12.4 Å². The first-order chi connectivity index (χ1) is 6.96. The number of hydrogen-bond donors (Lipinski definition) is 0. The molecule has 0 aromatic rings. The van der Waals surface area contributed by atoms with E-state index in [1.165, 1.54) is 0 Å². The third-order valence-corrected chi connectivity index (χ3v) is 3.22. The molecule has 1 rings (SSSR count). The number of hydrogen-bond acceptors (Lipinski definition) is 1. The van der Waals surface area contributed by atoms with Gasteiger partial charge in [-0.2, -0.15) is 0 Å². The average Bonchev–Trinajstić information content (AvgIpc) is 2.59. The summed E-state index contributed by atoms with van der Waals surface area (Å²) < 4.78 is 0. The molecule has 3 heteroatoms. The van der Waals surface area contributed by atoms with Gasteiger partial charge < -0.3 is 4.90 Å². The Morgan fingerprint density at radius 3 is 2.67 bits per heavy atom. The Bertz CT molecular complexity index is 222. The lowest BCUT2D eigenvalue weighted by Crippen LogP contribution is -2.42. The normalized spacial score (nSPS) is 22.1. The molecule has 0 aromatic heterocycles. The maximum atomic E-state index is 12.1. The molecular formula is C12H22ClNO. The summed E-state index contributed by atoms with van der Waals surface area (Å²) in [4.78, 5) is 14.2. The lowest BCUT2D eigenvalue weighted by atomic mass is 9.94. The highest BCUT2D eigenvalue weighted by molar-refractivity contribution is 6.17. The summed E-state index contributed by atoms with van der Waals surface area (Å²) >= 11 is 5.69. The minimum absolute atomic E-state index is 0.246. The number of carbonyl (C=O) groups is 1. The topological polar surface area (TPSA) is 20.3 Å². The molecule has 1 aliphatic rings. The van der Waals surface area contributed by atoms with E-state index in [2.05, 4.69) is 4.90 Å². The van der Waals surface area contributed by atoms with Crippen molar-refractivity contribution in [2.24, 2.45) is 5.41 Å². The van der Waals surface area contributed by atoms with Gasteiger partial charge in [0.1, 0.15) is 0 Å². The van der Waals surface area contributed by atoms with E-state index >= 15 is 0 Å². The van der Waals surface area contributed by atoms with Gasteiger partial charge in [0, 0.05) is 23.9 Å². The van der Waals surface area contributed by atoms with Crippen molar-refractivity contribution in [1.29, 1.82) is 0 Å². The van der Waals surface area contributed by atoms with Gasteiger partial charge >= 0.3 is 0 Å². The van der Waals surface area contributed by atoms with E-state index < -0.39 is 0 Å². The van der Waals surface area contributed by atoms with Crippen LogP contribution in [0, 0.1) is 5.41 Å². The molecule has 1 atom stereocenters. The van der Waals surface area contributed by atoms with Crippen LogP contribution in [0.2, 0.25) is 0 Å². The average molecular weight is 232 g/mol. The quantitative estimate of drug-likeness (QED) is 0.684. The molecule has 0 saturated carbocycles. The number of likely N-dealkylation sites (tertiary alicyclic amines) is 1. The van der Waals surface area contributed by atoms with E-state index in [0.717, 1.165) is 32.2 Å². The standard InChI is InChI=1S/C12H22ClNO/c1-12(2,3)11(15)14-9-5-7-10(14)6-4-8-13/h10H,4-9H2,1-3H3. The fourth-order valence-electron chi connectivity index (χ4n) is 2.15. The number of halogens is 1. The SMILES string of the molecule is CC(C)(C)C(=O)N1CCCC1CCCCl. The highest BCUT2D eigenvalue weighted by Crippen LogP contribution is 2.27. The first-order valence-corrected chi connectivity index (χ1v) is 6.37. The van der Waals surface area contributed by atoms with Crippen LogP contribution in [0.4, 0.5) is 0 Å². The molecule has 0 N–H and O–H groups in total. The van der Waals surface area contributed by atoms with Gasteiger partial charge in [0.15, 0.2) is 0 Å². The van der Waals surface area contributed by atoms with Crippen LogP contribution in [0.15, 0.2) is 0 Å². The monoisotopic (exact) mass is 231 g/mol. The predicted octanol–water partition coefficient (Wildman–Crippen LogP) is 3.04. The molecule has 0 radical (unpaired) electrons. The maximum Gasteiger partial charge on any atom is 0.228 e. The van der Waals surface area contributed by atoms with E-state index in [1.54, 1.807) is 0 Å². The summed E-state index contributed by atoms with van der Waals surface area (Å²) in [5.74, 6) is 0.994. The summed E-state index contributed by atoms with van der Waals surface area (Å²) in [6, 6.07) is 0.440. The largest absolute Gasteiger partial charge is 0.339 e. The zero-order valence-electron chi connectivity index (χ0n) is 10.1. The highest BCUT2D eigenvalue weighted by atomic mass is 35.5. The second kappa shape index (κ2) is 5.20. The molecule has 0 spiro atoms. The molecule has 1 unspecified atom stereocenters. The Balaban J connectivity index is 2.56. The Labute approximate surface area is 98.0 Å². The van der Waals surface area contributed by atoms with Gasteiger partial charge in [0.05, 0.1) is 0 Å². The summed E-state index contributed by atoms with van der Waals surface area (Å²) in [5, 5.41) is 0. The van der Waals surface area contributed by atoms with Crippen molar-refractivity contribution in [3.63, 3.8) is 0 Å². The third kappa shape index (κ3) is 3.37. The van der Waals surface area contributed by atoms with Crippen molar-refractivity contribution >= 4 is 17.5 Å². The van der Waals surface area contributed by atoms with Gasteiger partial charge in [-0.3, -0.25) is 4.79 Å². The molecule has 0 aromatic carbocycles. The van der Waals surface area contributed by atoms with Crippen molar-refractivity contribution in [3.05, 3.63) is 0 Å². The molecule has 15 heavy (non-hydrogen) atoms. The summed E-state index contributed by atoms with van der Waals surface area (Å²) in [6.07, 6.45) is 4.37. The lowest BCUT2D eigenvalue weighted by molar-refractivity contribution is -0.140. The minimum Gasteiger partial charge on any atom is -0.339 e. The molecule has 88 valence electrons. The molecule has 1 fully saturated rings. The fourth-order valence-corrected chi connectivity index (χ4v) is 2.30. The van der Waals surface area contributed by atoms with E-state index in [-0.39, 0.29) is 5.41 Å². The number of amides is 1. The van der Waals surface area contributed by atoms with Crippen molar-refractivity contribution in [2.45, 2.75) is 52.5 Å². The molecule has 1 amide bonds. The van der Waals surface area contributed by atoms with Crippen LogP contribution >= 0.6 is 11.6 Å². The van der Waals surface area contributed by atoms with Crippen molar-refractivity contribution < 1.29 is 4.79 Å². The number of rotatable bonds is 3. The molecule has 2 nitrogen and oxygen atoms in total. The first-order valence-electron chi connectivity index (χ1n) is 5.84. The van der Waals surface area contributed by atoms with Gasteiger partial charge in [0.2, 0.25) is 5.91 Å². The predicted molar refractivity (Wildman–Crippen MR) is 64.1 cm³/mol. The number of carbonyl (C=O) groups excluding carboxylic acids is 1.